The summed E-state index contributed by atoms with van der Waals surface area (Å²) in [5.41, 5.74) is 4.83. The van der Waals surface area contributed by atoms with Gasteiger partial charge in [0, 0.05) is 12.3 Å². The fourth-order valence-electron chi connectivity index (χ4n) is 2.75. The summed E-state index contributed by atoms with van der Waals surface area (Å²) in [6.07, 6.45) is 2.84. The normalized spacial score (nSPS) is 63.7. The molecule has 2 saturated carbocycles. The van der Waals surface area contributed by atoms with Gasteiger partial charge in [-0.2, -0.15) is 0 Å². The van der Waals surface area contributed by atoms with E-state index in [0.29, 0.717) is 0 Å². The summed E-state index contributed by atoms with van der Waals surface area (Å²) < 4.78 is 0. The molecule has 1 heteroatoms. The molecule has 2 aliphatic rings. The molecular formula is C8H16N+. The van der Waals surface area contributed by atoms with Gasteiger partial charge < -0.3 is 5.73 Å². The van der Waals surface area contributed by atoms with Crippen LogP contribution in [-0.2, 0) is 0 Å². The lowest BCUT2D eigenvalue weighted by molar-refractivity contribution is -0.493. The quantitative estimate of drug-likeness (QED) is 0.494. The van der Waals surface area contributed by atoms with E-state index in [1.165, 1.54) is 12.8 Å². The van der Waals surface area contributed by atoms with Gasteiger partial charge in [-0.1, -0.05) is 13.8 Å². The summed E-state index contributed by atoms with van der Waals surface area (Å²) >= 11 is 0. The number of hydrogen-bond acceptors (Lipinski definition) is 0. The molecule has 0 radical (unpaired) electrons. The highest BCUT2D eigenvalue weighted by atomic mass is 14.8. The van der Waals surface area contributed by atoms with Gasteiger partial charge in [0.25, 0.3) is 0 Å². The molecule has 0 aromatic heterocycles. The lowest BCUT2D eigenvalue weighted by Crippen LogP contribution is -2.79. The molecule has 0 bridgehead atoms. The molecule has 52 valence electrons. The average Bonchev–Trinajstić information content (AvgIpc) is 1.83. The van der Waals surface area contributed by atoms with Gasteiger partial charge in [-0.25, -0.2) is 0 Å². The van der Waals surface area contributed by atoms with Gasteiger partial charge in [-0.15, -0.1) is 0 Å². The Morgan fingerprint density at radius 3 is 2.33 bits per heavy atom. The fourth-order valence-corrected chi connectivity index (χ4v) is 2.75. The lowest BCUT2D eigenvalue weighted by atomic mass is 9.41. The molecule has 1 nitrogen and oxygen atoms in total. The number of fused-ring (bicyclic) bond motifs is 1. The largest absolute Gasteiger partial charge is 0.355 e. The van der Waals surface area contributed by atoms with Crippen molar-refractivity contribution in [2.75, 3.05) is 0 Å². The van der Waals surface area contributed by atoms with Crippen molar-refractivity contribution in [1.82, 2.24) is 0 Å². The van der Waals surface area contributed by atoms with Crippen LogP contribution in [0.1, 0.15) is 26.7 Å². The second kappa shape index (κ2) is 1.34. The first-order valence-corrected chi connectivity index (χ1v) is 3.97. The summed E-state index contributed by atoms with van der Waals surface area (Å²) in [6.45, 7) is 4.80. The van der Waals surface area contributed by atoms with Crippen LogP contribution in [0.25, 0.3) is 0 Å². The molecule has 3 N–H and O–H groups in total. The third kappa shape index (κ3) is 0.454. The first kappa shape index (κ1) is 5.72. The molecule has 9 heavy (non-hydrogen) atoms. The van der Waals surface area contributed by atoms with Crippen LogP contribution in [0.4, 0.5) is 0 Å². The van der Waals surface area contributed by atoms with Crippen molar-refractivity contribution in [3.8, 4) is 0 Å². The van der Waals surface area contributed by atoms with E-state index in [4.69, 9.17) is 0 Å². The minimum atomic E-state index is 0.729. The van der Waals surface area contributed by atoms with Crippen molar-refractivity contribution in [2.45, 2.75) is 32.7 Å². The topological polar surface area (TPSA) is 27.6 Å². The van der Waals surface area contributed by atoms with Crippen LogP contribution in [0.2, 0.25) is 0 Å². The SMILES string of the molecule is CC1CC2C([NH3+])CC12C. The van der Waals surface area contributed by atoms with E-state index in [2.05, 4.69) is 19.6 Å². The molecular weight excluding hydrogens is 110 g/mol. The van der Waals surface area contributed by atoms with Crippen molar-refractivity contribution >= 4 is 0 Å². The summed E-state index contributed by atoms with van der Waals surface area (Å²) in [5, 5.41) is 0. The highest BCUT2D eigenvalue weighted by Crippen LogP contribution is 2.62. The molecule has 0 aromatic rings. The van der Waals surface area contributed by atoms with E-state index in [0.717, 1.165) is 23.3 Å². The standard InChI is InChI=1S/C8H15N/c1-5-3-6-7(9)4-8(5,6)2/h5-7H,3-4,9H2,1-2H3/p+1. The van der Waals surface area contributed by atoms with Gasteiger partial charge in [0.05, 0.1) is 6.04 Å². The van der Waals surface area contributed by atoms with Gasteiger partial charge >= 0.3 is 0 Å². The van der Waals surface area contributed by atoms with Crippen LogP contribution in [0.3, 0.4) is 0 Å². The second-order valence-electron chi connectivity index (χ2n) is 4.21. The Balaban J connectivity index is 2.09. The monoisotopic (exact) mass is 126 g/mol. The maximum Gasteiger partial charge on any atom is 0.0883 e. The zero-order valence-corrected chi connectivity index (χ0v) is 6.35. The van der Waals surface area contributed by atoms with Crippen molar-refractivity contribution in [2.24, 2.45) is 17.3 Å². The molecule has 2 aliphatic carbocycles. The van der Waals surface area contributed by atoms with E-state index in [1.54, 1.807) is 0 Å². The smallest absolute Gasteiger partial charge is 0.0883 e. The number of quaternary nitrogens is 1. The predicted molar refractivity (Wildman–Crippen MR) is 36.7 cm³/mol. The van der Waals surface area contributed by atoms with E-state index in [1.807, 2.05) is 0 Å². The molecule has 0 amide bonds. The Morgan fingerprint density at radius 2 is 2.22 bits per heavy atom. The number of rotatable bonds is 0. The van der Waals surface area contributed by atoms with Gasteiger partial charge in [-0.3, -0.25) is 0 Å². The van der Waals surface area contributed by atoms with Crippen LogP contribution in [0.15, 0.2) is 0 Å². The third-order valence-electron chi connectivity index (χ3n) is 3.85. The average molecular weight is 126 g/mol. The van der Waals surface area contributed by atoms with E-state index < -0.39 is 0 Å². The lowest BCUT2D eigenvalue weighted by Gasteiger charge is -2.63. The summed E-state index contributed by atoms with van der Waals surface area (Å²) in [6, 6.07) is 0.797. The van der Waals surface area contributed by atoms with Crippen molar-refractivity contribution in [3.63, 3.8) is 0 Å². The highest BCUT2D eigenvalue weighted by Gasteiger charge is 2.61. The highest BCUT2D eigenvalue weighted by molar-refractivity contribution is 5.09. The molecule has 0 aliphatic heterocycles. The summed E-state index contributed by atoms with van der Waals surface area (Å²) in [4.78, 5) is 0. The number of hydrogen-bond donors (Lipinski definition) is 1. The molecule has 0 saturated heterocycles. The van der Waals surface area contributed by atoms with Crippen LogP contribution < -0.4 is 5.73 Å². The van der Waals surface area contributed by atoms with Gasteiger partial charge in [0.15, 0.2) is 0 Å². The maximum absolute atomic E-state index is 4.11. The van der Waals surface area contributed by atoms with Gasteiger partial charge in [-0.05, 0) is 17.8 Å². The molecule has 2 fully saturated rings. The molecule has 0 spiro atoms. The van der Waals surface area contributed by atoms with Crippen molar-refractivity contribution in [3.05, 3.63) is 0 Å². The van der Waals surface area contributed by atoms with Crippen molar-refractivity contribution < 1.29 is 5.73 Å². The Bertz CT molecular complexity index is 144. The molecule has 2 rings (SSSR count). The van der Waals surface area contributed by atoms with Gasteiger partial charge in [0.2, 0.25) is 0 Å². The van der Waals surface area contributed by atoms with Gasteiger partial charge in [0.1, 0.15) is 0 Å². The van der Waals surface area contributed by atoms with Crippen LogP contribution in [0, 0.1) is 17.3 Å². The predicted octanol–water partition coefficient (Wildman–Crippen LogP) is 0.663. The van der Waals surface area contributed by atoms with Crippen molar-refractivity contribution in [1.29, 1.82) is 0 Å². The van der Waals surface area contributed by atoms with Crippen LogP contribution >= 0.6 is 0 Å². The molecule has 4 atom stereocenters. The Kier molecular flexibility index (Phi) is 0.852. The Labute approximate surface area is 56.6 Å². The first-order chi connectivity index (χ1) is 4.14. The third-order valence-corrected chi connectivity index (χ3v) is 3.85. The Morgan fingerprint density at radius 1 is 1.56 bits per heavy atom. The fraction of sp³-hybridized carbons (Fsp3) is 1.00. The van der Waals surface area contributed by atoms with Crippen LogP contribution in [0.5, 0.6) is 0 Å². The van der Waals surface area contributed by atoms with E-state index >= 15 is 0 Å². The minimum Gasteiger partial charge on any atom is -0.355 e. The zero-order valence-electron chi connectivity index (χ0n) is 6.35. The second-order valence-corrected chi connectivity index (χ2v) is 4.21. The van der Waals surface area contributed by atoms with Crippen LogP contribution in [-0.4, -0.2) is 6.04 Å². The first-order valence-electron chi connectivity index (χ1n) is 3.97. The van der Waals surface area contributed by atoms with E-state index in [-0.39, 0.29) is 0 Å². The maximum atomic E-state index is 4.11. The Hall–Kier alpha value is -0.0400. The van der Waals surface area contributed by atoms with E-state index in [9.17, 15) is 0 Å². The molecule has 0 aromatic carbocycles. The summed E-state index contributed by atoms with van der Waals surface area (Å²) in [5.74, 6) is 1.98. The summed E-state index contributed by atoms with van der Waals surface area (Å²) in [7, 11) is 0. The zero-order chi connectivity index (χ0) is 6.65. The molecule has 0 heterocycles. The molecule has 4 unspecified atom stereocenters. The minimum absolute atomic E-state index is 0.729.